The number of carbonyl (C=O) groups excluding carboxylic acids is 1. The molecular weight excluding hydrogens is 322 g/mol. The summed E-state index contributed by atoms with van der Waals surface area (Å²) in [4.78, 5) is 25.1. The lowest BCUT2D eigenvalue weighted by Gasteiger charge is -2.25. The first-order valence-corrected chi connectivity index (χ1v) is 8.71. The SMILES string of the molecule is CC(C)(C)OC(=O)NC(CCN1CCCC1)c1cccc([N+](=O)[O-])c1. The minimum atomic E-state index is -0.591. The zero-order valence-corrected chi connectivity index (χ0v) is 15.2. The lowest BCUT2D eigenvalue weighted by molar-refractivity contribution is -0.384. The Morgan fingerprint density at radius 2 is 2.04 bits per heavy atom. The minimum Gasteiger partial charge on any atom is -0.444 e. The van der Waals surface area contributed by atoms with Gasteiger partial charge >= 0.3 is 6.09 Å². The second-order valence-corrected chi connectivity index (χ2v) is 7.39. The monoisotopic (exact) mass is 349 g/mol. The molecule has 0 radical (unpaired) electrons. The second-order valence-electron chi connectivity index (χ2n) is 7.39. The Morgan fingerprint density at radius 1 is 1.36 bits per heavy atom. The van der Waals surface area contributed by atoms with Crippen LogP contribution in [0.4, 0.5) is 10.5 Å². The van der Waals surface area contributed by atoms with Gasteiger partial charge in [-0.25, -0.2) is 4.79 Å². The molecule has 1 aliphatic heterocycles. The summed E-state index contributed by atoms with van der Waals surface area (Å²) < 4.78 is 5.34. The Morgan fingerprint density at radius 3 is 2.64 bits per heavy atom. The molecule has 0 spiro atoms. The van der Waals surface area contributed by atoms with Crippen LogP contribution < -0.4 is 5.32 Å². The van der Waals surface area contributed by atoms with E-state index < -0.39 is 16.6 Å². The number of nitro groups is 1. The zero-order valence-electron chi connectivity index (χ0n) is 15.2. The molecule has 7 nitrogen and oxygen atoms in total. The number of hydrogen-bond acceptors (Lipinski definition) is 5. The van der Waals surface area contributed by atoms with Crippen LogP contribution in [0.25, 0.3) is 0 Å². The molecule has 1 heterocycles. The molecule has 1 aromatic carbocycles. The highest BCUT2D eigenvalue weighted by molar-refractivity contribution is 5.68. The number of amides is 1. The lowest BCUT2D eigenvalue weighted by atomic mass is 10.0. The fourth-order valence-electron chi connectivity index (χ4n) is 2.94. The van der Waals surface area contributed by atoms with Gasteiger partial charge in [-0.2, -0.15) is 0 Å². The van der Waals surface area contributed by atoms with E-state index in [1.165, 1.54) is 25.0 Å². The molecule has 1 saturated heterocycles. The number of likely N-dealkylation sites (tertiary alicyclic amines) is 1. The highest BCUT2D eigenvalue weighted by atomic mass is 16.6. The fourth-order valence-corrected chi connectivity index (χ4v) is 2.94. The number of rotatable bonds is 6. The third-order valence-corrected chi connectivity index (χ3v) is 4.11. The maximum Gasteiger partial charge on any atom is 0.408 e. The maximum absolute atomic E-state index is 12.2. The van der Waals surface area contributed by atoms with Crippen LogP contribution in [0.2, 0.25) is 0 Å². The number of benzene rings is 1. The predicted molar refractivity (Wildman–Crippen MR) is 95.5 cm³/mol. The molecule has 1 N–H and O–H groups in total. The van der Waals surface area contributed by atoms with E-state index in [1.54, 1.807) is 32.9 Å². The molecule has 25 heavy (non-hydrogen) atoms. The number of carbonyl (C=O) groups is 1. The molecule has 1 unspecified atom stereocenters. The number of nitrogens with one attached hydrogen (secondary N) is 1. The van der Waals surface area contributed by atoms with Crippen LogP contribution in [-0.4, -0.2) is 41.2 Å². The molecule has 0 aromatic heterocycles. The lowest BCUT2D eigenvalue weighted by Crippen LogP contribution is -2.36. The van der Waals surface area contributed by atoms with Gasteiger partial charge in [0, 0.05) is 18.7 Å². The van der Waals surface area contributed by atoms with Crippen molar-refractivity contribution >= 4 is 11.8 Å². The summed E-state index contributed by atoms with van der Waals surface area (Å²) in [5.41, 5.74) is 0.153. The number of hydrogen-bond donors (Lipinski definition) is 1. The van der Waals surface area contributed by atoms with Gasteiger partial charge in [0.1, 0.15) is 5.60 Å². The van der Waals surface area contributed by atoms with Gasteiger partial charge in [0.2, 0.25) is 0 Å². The number of nitro benzene ring substituents is 1. The molecule has 1 fully saturated rings. The fraction of sp³-hybridized carbons (Fsp3) is 0.611. The van der Waals surface area contributed by atoms with Crippen LogP contribution in [0.5, 0.6) is 0 Å². The van der Waals surface area contributed by atoms with Crippen molar-refractivity contribution in [1.82, 2.24) is 10.2 Å². The van der Waals surface area contributed by atoms with E-state index in [0.29, 0.717) is 6.42 Å². The topological polar surface area (TPSA) is 84.7 Å². The number of ether oxygens (including phenoxy) is 1. The van der Waals surface area contributed by atoms with Gasteiger partial charge in [0.25, 0.3) is 5.69 Å². The summed E-state index contributed by atoms with van der Waals surface area (Å²) in [6.07, 6.45) is 2.56. The van der Waals surface area contributed by atoms with Crippen molar-refractivity contribution < 1.29 is 14.5 Å². The van der Waals surface area contributed by atoms with Crippen molar-refractivity contribution in [3.63, 3.8) is 0 Å². The molecule has 2 rings (SSSR count). The van der Waals surface area contributed by atoms with Crippen LogP contribution in [0.1, 0.15) is 51.6 Å². The summed E-state index contributed by atoms with van der Waals surface area (Å²) in [5, 5.41) is 13.9. The van der Waals surface area contributed by atoms with Crippen LogP contribution >= 0.6 is 0 Å². The summed E-state index contributed by atoms with van der Waals surface area (Å²) in [6, 6.07) is 6.10. The molecule has 1 aliphatic rings. The normalized spacial score (nSPS) is 16.4. The van der Waals surface area contributed by atoms with Crippen molar-refractivity contribution in [1.29, 1.82) is 0 Å². The predicted octanol–water partition coefficient (Wildman–Crippen LogP) is 3.65. The largest absolute Gasteiger partial charge is 0.444 e. The van der Waals surface area contributed by atoms with Gasteiger partial charge in [0.05, 0.1) is 11.0 Å². The third kappa shape index (κ3) is 6.34. The van der Waals surface area contributed by atoms with E-state index in [9.17, 15) is 14.9 Å². The Bertz CT molecular complexity index is 607. The van der Waals surface area contributed by atoms with E-state index in [4.69, 9.17) is 4.74 Å². The van der Waals surface area contributed by atoms with Crippen LogP contribution in [0, 0.1) is 10.1 Å². The van der Waals surface area contributed by atoms with E-state index in [-0.39, 0.29) is 11.7 Å². The van der Waals surface area contributed by atoms with Gasteiger partial charge in [-0.05, 0) is 58.7 Å². The first-order valence-electron chi connectivity index (χ1n) is 8.71. The zero-order chi connectivity index (χ0) is 18.4. The Balaban J connectivity index is 2.11. The van der Waals surface area contributed by atoms with Crippen molar-refractivity contribution in [2.75, 3.05) is 19.6 Å². The van der Waals surface area contributed by atoms with E-state index >= 15 is 0 Å². The average Bonchev–Trinajstić information content (AvgIpc) is 3.03. The van der Waals surface area contributed by atoms with Crippen LogP contribution in [0.15, 0.2) is 24.3 Å². The second kappa shape index (κ2) is 8.29. The van der Waals surface area contributed by atoms with E-state index in [2.05, 4.69) is 10.2 Å². The van der Waals surface area contributed by atoms with Crippen molar-refractivity contribution in [3.05, 3.63) is 39.9 Å². The summed E-state index contributed by atoms with van der Waals surface area (Å²) in [5.74, 6) is 0. The van der Waals surface area contributed by atoms with E-state index in [0.717, 1.165) is 25.2 Å². The van der Waals surface area contributed by atoms with E-state index in [1.807, 2.05) is 0 Å². The minimum absolute atomic E-state index is 0.0228. The number of non-ortho nitro benzene ring substituents is 1. The molecule has 1 atom stereocenters. The summed E-state index contributed by atoms with van der Waals surface area (Å²) in [7, 11) is 0. The van der Waals surface area contributed by atoms with Gasteiger partial charge in [-0.3, -0.25) is 10.1 Å². The molecule has 138 valence electrons. The van der Waals surface area contributed by atoms with Crippen LogP contribution in [-0.2, 0) is 4.74 Å². The quantitative estimate of drug-likeness (QED) is 0.626. The van der Waals surface area contributed by atoms with Crippen molar-refractivity contribution in [2.45, 2.75) is 51.7 Å². The van der Waals surface area contributed by atoms with Crippen LogP contribution in [0.3, 0.4) is 0 Å². The van der Waals surface area contributed by atoms with Crippen molar-refractivity contribution in [2.24, 2.45) is 0 Å². The molecule has 0 aliphatic carbocycles. The first kappa shape index (κ1) is 19.2. The molecule has 0 saturated carbocycles. The Kier molecular flexibility index (Phi) is 6.36. The highest BCUT2D eigenvalue weighted by Gasteiger charge is 2.23. The average molecular weight is 349 g/mol. The van der Waals surface area contributed by atoms with Gasteiger partial charge < -0.3 is 15.0 Å². The molecule has 1 amide bonds. The standard InChI is InChI=1S/C18H27N3O4/c1-18(2,3)25-17(22)19-16(9-12-20-10-4-5-11-20)14-7-6-8-15(13-14)21(23)24/h6-8,13,16H,4-5,9-12H2,1-3H3,(H,19,22). The first-order chi connectivity index (χ1) is 11.7. The number of nitrogens with zero attached hydrogens (tertiary/aromatic N) is 2. The number of alkyl carbamates (subject to hydrolysis) is 1. The smallest absolute Gasteiger partial charge is 0.408 e. The summed E-state index contributed by atoms with van der Waals surface area (Å²) in [6.45, 7) is 8.38. The Hall–Kier alpha value is -2.15. The summed E-state index contributed by atoms with van der Waals surface area (Å²) >= 11 is 0. The third-order valence-electron chi connectivity index (χ3n) is 4.11. The molecular formula is C18H27N3O4. The molecule has 1 aromatic rings. The molecule has 7 heteroatoms. The maximum atomic E-state index is 12.2. The van der Waals surface area contributed by atoms with Gasteiger partial charge in [0.15, 0.2) is 0 Å². The highest BCUT2D eigenvalue weighted by Crippen LogP contribution is 2.23. The van der Waals surface area contributed by atoms with Crippen molar-refractivity contribution in [3.8, 4) is 0 Å². The van der Waals surface area contributed by atoms with Gasteiger partial charge in [-0.1, -0.05) is 12.1 Å². The van der Waals surface area contributed by atoms with Gasteiger partial charge in [-0.15, -0.1) is 0 Å². The molecule has 0 bridgehead atoms. The Labute approximate surface area is 148 Å².